The fourth-order valence-corrected chi connectivity index (χ4v) is 2.27. The van der Waals surface area contributed by atoms with E-state index in [1.165, 1.54) is 5.38 Å². The summed E-state index contributed by atoms with van der Waals surface area (Å²) in [6, 6.07) is 6.91. The van der Waals surface area contributed by atoms with Crippen molar-refractivity contribution in [1.82, 2.24) is 4.98 Å². The smallest absolute Gasteiger partial charge is 0.358 e. The first-order valence-electron chi connectivity index (χ1n) is 6.61. The SMILES string of the molecule is CC(C)(C)OC(=O)c1csc(C(=O)Nc2ccccc2N)n1. The van der Waals surface area contributed by atoms with Gasteiger partial charge in [0.1, 0.15) is 5.60 Å². The maximum atomic E-state index is 12.1. The summed E-state index contributed by atoms with van der Waals surface area (Å²) in [7, 11) is 0. The molecule has 0 radical (unpaired) electrons. The van der Waals surface area contributed by atoms with Gasteiger partial charge in [-0.2, -0.15) is 0 Å². The molecule has 6 nitrogen and oxygen atoms in total. The molecule has 0 aliphatic heterocycles. The summed E-state index contributed by atoms with van der Waals surface area (Å²) in [5.74, 6) is -0.972. The number of para-hydroxylation sites is 2. The number of amides is 1. The third-order valence-corrected chi connectivity index (χ3v) is 3.36. The highest BCUT2D eigenvalue weighted by Crippen LogP contribution is 2.20. The number of carbonyl (C=O) groups is 2. The number of hydrogen-bond donors (Lipinski definition) is 2. The third kappa shape index (κ3) is 4.05. The molecule has 2 rings (SSSR count). The molecule has 0 fully saturated rings. The van der Waals surface area contributed by atoms with Crippen LogP contribution in [0.4, 0.5) is 11.4 Å². The summed E-state index contributed by atoms with van der Waals surface area (Å²) in [5, 5.41) is 4.33. The number of anilines is 2. The topological polar surface area (TPSA) is 94.3 Å². The van der Waals surface area contributed by atoms with Crippen LogP contribution in [-0.4, -0.2) is 22.5 Å². The Bertz CT molecular complexity index is 704. The second-order valence-corrected chi connectivity index (χ2v) is 6.44. The maximum Gasteiger partial charge on any atom is 0.358 e. The van der Waals surface area contributed by atoms with Crippen molar-refractivity contribution in [2.75, 3.05) is 11.1 Å². The average molecular weight is 319 g/mol. The lowest BCUT2D eigenvalue weighted by Crippen LogP contribution is -2.24. The lowest BCUT2D eigenvalue weighted by molar-refractivity contribution is 0.00637. The number of aromatic nitrogens is 1. The zero-order valence-corrected chi connectivity index (χ0v) is 13.4. The van der Waals surface area contributed by atoms with Crippen molar-refractivity contribution in [2.24, 2.45) is 0 Å². The summed E-state index contributed by atoms with van der Waals surface area (Å²) in [6.07, 6.45) is 0. The summed E-state index contributed by atoms with van der Waals surface area (Å²) in [5.41, 5.74) is 6.23. The number of nitrogens with two attached hydrogens (primary N) is 1. The average Bonchev–Trinajstić information content (AvgIpc) is 2.89. The number of esters is 1. The molecule has 0 bridgehead atoms. The molecule has 22 heavy (non-hydrogen) atoms. The summed E-state index contributed by atoms with van der Waals surface area (Å²) in [6.45, 7) is 5.30. The monoisotopic (exact) mass is 319 g/mol. The zero-order valence-electron chi connectivity index (χ0n) is 12.5. The Morgan fingerprint density at radius 2 is 1.95 bits per heavy atom. The van der Waals surface area contributed by atoms with Crippen molar-refractivity contribution < 1.29 is 14.3 Å². The molecule has 0 saturated carbocycles. The van der Waals surface area contributed by atoms with E-state index < -0.39 is 17.5 Å². The summed E-state index contributed by atoms with van der Waals surface area (Å²) < 4.78 is 5.21. The van der Waals surface area contributed by atoms with Gasteiger partial charge in [-0.25, -0.2) is 9.78 Å². The Balaban J connectivity index is 2.10. The number of hydrogen-bond acceptors (Lipinski definition) is 6. The van der Waals surface area contributed by atoms with Crippen LogP contribution in [0.3, 0.4) is 0 Å². The number of nitrogens with zero attached hydrogens (tertiary/aromatic N) is 1. The number of thiazole rings is 1. The lowest BCUT2D eigenvalue weighted by Gasteiger charge is -2.18. The second kappa shape index (κ2) is 6.15. The van der Waals surface area contributed by atoms with Crippen LogP contribution in [0.2, 0.25) is 0 Å². The fourth-order valence-electron chi connectivity index (χ4n) is 1.59. The Morgan fingerprint density at radius 3 is 2.59 bits per heavy atom. The van der Waals surface area contributed by atoms with Crippen molar-refractivity contribution in [1.29, 1.82) is 0 Å². The van der Waals surface area contributed by atoms with E-state index in [2.05, 4.69) is 10.3 Å². The normalized spacial score (nSPS) is 11.0. The highest BCUT2D eigenvalue weighted by Gasteiger charge is 2.22. The predicted octanol–water partition coefficient (Wildman–Crippen LogP) is 2.93. The van der Waals surface area contributed by atoms with E-state index in [4.69, 9.17) is 10.5 Å². The first-order chi connectivity index (χ1) is 10.3. The van der Waals surface area contributed by atoms with Crippen LogP contribution in [-0.2, 0) is 4.74 Å². The number of benzene rings is 1. The van der Waals surface area contributed by atoms with Crippen molar-refractivity contribution in [3.05, 3.63) is 40.3 Å². The predicted molar refractivity (Wildman–Crippen MR) is 86.1 cm³/mol. The second-order valence-electron chi connectivity index (χ2n) is 5.58. The lowest BCUT2D eigenvalue weighted by atomic mass is 10.2. The molecule has 0 unspecified atom stereocenters. The van der Waals surface area contributed by atoms with Crippen LogP contribution in [0, 0.1) is 0 Å². The van der Waals surface area contributed by atoms with Gasteiger partial charge in [-0.05, 0) is 32.9 Å². The van der Waals surface area contributed by atoms with E-state index in [9.17, 15) is 9.59 Å². The van der Waals surface area contributed by atoms with Crippen molar-refractivity contribution >= 4 is 34.6 Å². The van der Waals surface area contributed by atoms with Gasteiger partial charge in [0.25, 0.3) is 5.91 Å². The Kier molecular flexibility index (Phi) is 4.46. The molecule has 116 valence electrons. The number of ether oxygens (including phenoxy) is 1. The van der Waals surface area contributed by atoms with Gasteiger partial charge in [0.05, 0.1) is 11.4 Å². The van der Waals surface area contributed by atoms with E-state index in [-0.39, 0.29) is 10.7 Å². The number of nitrogens with one attached hydrogen (secondary N) is 1. The van der Waals surface area contributed by atoms with E-state index >= 15 is 0 Å². The maximum absolute atomic E-state index is 12.1. The van der Waals surface area contributed by atoms with Crippen LogP contribution < -0.4 is 11.1 Å². The van der Waals surface area contributed by atoms with Crippen LogP contribution in [0.25, 0.3) is 0 Å². The van der Waals surface area contributed by atoms with Crippen LogP contribution in [0.15, 0.2) is 29.6 Å². The van der Waals surface area contributed by atoms with E-state index in [0.717, 1.165) is 11.3 Å². The number of rotatable bonds is 3. The molecule has 0 aliphatic carbocycles. The molecule has 7 heteroatoms. The number of carbonyl (C=O) groups excluding carboxylic acids is 2. The van der Waals surface area contributed by atoms with Gasteiger partial charge in [-0.3, -0.25) is 4.79 Å². The molecule has 1 aromatic heterocycles. The van der Waals surface area contributed by atoms with E-state index in [0.29, 0.717) is 11.4 Å². The fraction of sp³-hybridized carbons (Fsp3) is 0.267. The molecule has 2 aromatic rings. The van der Waals surface area contributed by atoms with Gasteiger partial charge in [0.2, 0.25) is 0 Å². The molecule has 0 spiro atoms. The minimum absolute atomic E-state index is 0.117. The molecular formula is C15H17N3O3S. The molecule has 1 heterocycles. The Morgan fingerprint density at radius 1 is 1.27 bits per heavy atom. The molecular weight excluding hydrogens is 302 g/mol. The Hall–Kier alpha value is -2.41. The van der Waals surface area contributed by atoms with Crippen molar-refractivity contribution in [3.63, 3.8) is 0 Å². The molecule has 0 aliphatic rings. The Labute approximate surface area is 132 Å². The molecule has 1 aromatic carbocycles. The number of nitrogen functional groups attached to an aromatic ring is 1. The van der Waals surface area contributed by atoms with Gasteiger partial charge < -0.3 is 15.8 Å². The molecule has 1 amide bonds. The first-order valence-corrected chi connectivity index (χ1v) is 7.49. The summed E-state index contributed by atoms with van der Waals surface area (Å²) in [4.78, 5) is 28.0. The molecule has 0 atom stereocenters. The first kappa shape index (κ1) is 16.0. The summed E-state index contributed by atoms with van der Waals surface area (Å²) >= 11 is 1.07. The largest absolute Gasteiger partial charge is 0.455 e. The van der Waals surface area contributed by atoms with Gasteiger partial charge in [0.15, 0.2) is 10.7 Å². The van der Waals surface area contributed by atoms with Gasteiger partial charge in [-0.1, -0.05) is 12.1 Å². The van der Waals surface area contributed by atoms with E-state index in [1.807, 2.05) is 0 Å². The zero-order chi connectivity index (χ0) is 16.3. The van der Waals surface area contributed by atoms with Crippen molar-refractivity contribution in [2.45, 2.75) is 26.4 Å². The van der Waals surface area contributed by atoms with Gasteiger partial charge in [0, 0.05) is 5.38 Å². The highest BCUT2D eigenvalue weighted by atomic mass is 32.1. The van der Waals surface area contributed by atoms with Gasteiger partial charge in [-0.15, -0.1) is 11.3 Å². The minimum Gasteiger partial charge on any atom is -0.455 e. The molecule has 0 saturated heterocycles. The minimum atomic E-state index is -0.610. The van der Waals surface area contributed by atoms with Crippen LogP contribution >= 0.6 is 11.3 Å². The van der Waals surface area contributed by atoms with Crippen molar-refractivity contribution in [3.8, 4) is 0 Å². The molecule has 3 N–H and O–H groups in total. The van der Waals surface area contributed by atoms with Crippen LogP contribution in [0.1, 0.15) is 41.1 Å². The van der Waals surface area contributed by atoms with E-state index in [1.54, 1.807) is 45.0 Å². The van der Waals surface area contributed by atoms with Crippen LogP contribution in [0.5, 0.6) is 0 Å². The standard InChI is InChI=1S/C15H17N3O3S/c1-15(2,3)21-14(20)11-8-22-13(18-11)12(19)17-10-7-5-4-6-9(10)16/h4-8H,16H2,1-3H3,(H,17,19). The quantitative estimate of drug-likeness (QED) is 0.670. The highest BCUT2D eigenvalue weighted by molar-refractivity contribution is 7.12. The van der Waals surface area contributed by atoms with Gasteiger partial charge >= 0.3 is 5.97 Å². The third-order valence-electron chi connectivity index (χ3n) is 2.52.